The van der Waals surface area contributed by atoms with E-state index in [1.54, 1.807) is 0 Å². The number of nitrogens with zero attached hydrogens (tertiary/aromatic N) is 3. The van der Waals surface area contributed by atoms with Crippen molar-refractivity contribution in [1.29, 1.82) is 0 Å². The average Bonchev–Trinajstić information content (AvgIpc) is 2.94. The first-order valence-electron chi connectivity index (χ1n) is 6.71. The van der Waals surface area contributed by atoms with Crippen LogP contribution in [-0.4, -0.2) is 36.6 Å². The molecule has 19 heavy (non-hydrogen) atoms. The molecule has 5 heteroatoms. The molecule has 0 bridgehead atoms. The van der Waals surface area contributed by atoms with E-state index in [1.807, 2.05) is 31.3 Å². The van der Waals surface area contributed by atoms with Gasteiger partial charge in [-0.15, -0.1) is 0 Å². The van der Waals surface area contributed by atoms with Gasteiger partial charge in [-0.05, 0) is 31.0 Å². The van der Waals surface area contributed by atoms with Gasteiger partial charge in [-0.25, -0.2) is 9.97 Å². The SMILES string of the molecule is CNc1nc2ccccc2nc1N1CCC(CN)C1. The second kappa shape index (κ2) is 5.01. The lowest BCUT2D eigenvalue weighted by Crippen LogP contribution is -2.24. The Bertz CT molecular complexity index is 583. The molecule has 3 rings (SSSR count). The molecule has 0 saturated carbocycles. The summed E-state index contributed by atoms with van der Waals surface area (Å²) in [6.45, 7) is 2.72. The minimum Gasteiger partial charge on any atom is -0.370 e. The maximum atomic E-state index is 5.76. The molecular formula is C14H19N5. The summed E-state index contributed by atoms with van der Waals surface area (Å²) in [5.41, 5.74) is 7.62. The Morgan fingerprint density at radius 3 is 2.68 bits per heavy atom. The third kappa shape index (κ3) is 2.21. The molecule has 0 spiro atoms. The van der Waals surface area contributed by atoms with Crippen LogP contribution in [0.3, 0.4) is 0 Å². The molecule has 1 unspecified atom stereocenters. The minimum atomic E-state index is 0.568. The van der Waals surface area contributed by atoms with Crippen LogP contribution in [0, 0.1) is 5.92 Å². The third-order valence-corrected chi connectivity index (χ3v) is 3.71. The number of hydrogen-bond donors (Lipinski definition) is 2. The highest BCUT2D eigenvalue weighted by Gasteiger charge is 2.24. The maximum Gasteiger partial charge on any atom is 0.172 e. The Labute approximate surface area is 112 Å². The van der Waals surface area contributed by atoms with Crippen molar-refractivity contribution >= 4 is 22.7 Å². The smallest absolute Gasteiger partial charge is 0.172 e. The predicted octanol–water partition coefficient (Wildman–Crippen LogP) is 1.46. The van der Waals surface area contributed by atoms with Crippen LogP contribution >= 0.6 is 0 Å². The number of aromatic nitrogens is 2. The fourth-order valence-electron chi connectivity index (χ4n) is 2.60. The van der Waals surface area contributed by atoms with Gasteiger partial charge in [0.05, 0.1) is 11.0 Å². The van der Waals surface area contributed by atoms with Crippen molar-refractivity contribution in [3.05, 3.63) is 24.3 Å². The van der Waals surface area contributed by atoms with Crippen molar-refractivity contribution in [2.24, 2.45) is 11.7 Å². The summed E-state index contributed by atoms with van der Waals surface area (Å²) >= 11 is 0. The maximum absolute atomic E-state index is 5.76. The first kappa shape index (κ1) is 12.2. The molecule has 0 aliphatic carbocycles. The fraction of sp³-hybridized carbons (Fsp3) is 0.429. The van der Waals surface area contributed by atoms with Crippen LogP contribution in [-0.2, 0) is 0 Å². The summed E-state index contributed by atoms with van der Waals surface area (Å²) in [7, 11) is 1.89. The van der Waals surface area contributed by atoms with E-state index in [0.717, 1.165) is 48.7 Å². The van der Waals surface area contributed by atoms with Gasteiger partial charge in [0.25, 0.3) is 0 Å². The Balaban J connectivity index is 2.02. The van der Waals surface area contributed by atoms with Gasteiger partial charge >= 0.3 is 0 Å². The Morgan fingerprint density at radius 1 is 1.32 bits per heavy atom. The number of fused-ring (bicyclic) bond motifs is 1. The normalized spacial score (nSPS) is 19.1. The van der Waals surface area contributed by atoms with Crippen LogP contribution < -0.4 is 16.0 Å². The van der Waals surface area contributed by atoms with E-state index in [4.69, 9.17) is 10.7 Å². The molecule has 1 aliphatic rings. The minimum absolute atomic E-state index is 0.568. The van der Waals surface area contributed by atoms with Crippen LogP contribution in [0.2, 0.25) is 0 Å². The second-order valence-corrected chi connectivity index (χ2v) is 4.97. The predicted molar refractivity (Wildman–Crippen MR) is 78.5 cm³/mol. The number of benzene rings is 1. The first-order chi connectivity index (χ1) is 9.31. The number of nitrogens with one attached hydrogen (secondary N) is 1. The number of hydrogen-bond acceptors (Lipinski definition) is 5. The molecule has 1 saturated heterocycles. The molecule has 1 aromatic carbocycles. The largest absolute Gasteiger partial charge is 0.370 e. The van der Waals surface area contributed by atoms with Crippen molar-refractivity contribution in [2.75, 3.05) is 36.9 Å². The monoisotopic (exact) mass is 257 g/mol. The van der Waals surface area contributed by atoms with E-state index in [1.165, 1.54) is 0 Å². The van der Waals surface area contributed by atoms with E-state index in [0.29, 0.717) is 5.92 Å². The summed E-state index contributed by atoms with van der Waals surface area (Å²) < 4.78 is 0. The van der Waals surface area contributed by atoms with Crippen molar-refractivity contribution in [1.82, 2.24) is 9.97 Å². The molecular weight excluding hydrogens is 238 g/mol. The van der Waals surface area contributed by atoms with Crippen LogP contribution in [0.5, 0.6) is 0 Å². The quantitative estimate of drug-likeness (QED) is 0.871. The van der Waals surface area contributed by atoms with Crippen molar-refractivity contribution in [2.45, 2.75) is 6.42 Å². The lowest BCUT2D eigenvalue weighted by Gasteiger charge is -2.20. The molecule has 100 valence electrons. The van der Waals surface area contributed by atoms with Crippen LogP contribution in [0.25, 0.3) is 11.0 Å². The zero-order valence-corrected chi connectivity index (χ0v) is 11.1. The number of para-hydroxylation sites is 2. The highest BCUT2D eigenvalue weighted by atomic mass is 15.2. The number of anilines is 2. The topological polar surface area (TPSA) is 67.1 Å². The standard InChI is InChI=1S/C14H19N5/c1-16-13-14(19-7-6-10(8-15)9-19)18-12-5-3-2-4-11(12)17-13/h2-5,10H,6-9,15H2,1H3,(H,16,17). The van der Waals surface area contributed by atoms with Gasteiger partial charge in [0, 0.05) is 20.1 Å². The van der Waals surface area contributed by atoms with Gasteiger partial charge in [0.15, 0.2) is 11.6 Å². The molecule has 3 N–H and O–H groups in total. The molecule has 2 heterocycles. The second-order valence-electron chi connectivity index (χ2n) is 4.97. The summed E-state index contributed by atoms with van der Waals surface area (Å²) in [6, 6.07) is 7.96. The molecule has 1 atom stereocenters. The van der Waals surface area contributed by atoms with E-state index >= 15 is 0 Å². The van der Waals surface area contributed by atoms with Crippen molar-refractivity contribution in [3.63, 3.8) is 0 Å². The summed E-state index contributed by atoms with van der Waals surface area (Å²) in [4.78, 5) is 11.7. The average molecular weight is 257 g/mol. The molecule has 1 fully saturated rings. The van der Waals surface area contributed by atoms with Crippen LogP contribution in [0.1, 0.15) is 6.42 Å². The van der Waals surface area contributed by atoms with Crippen molar-refractivity contribution in [3.8, 4) is 0 Å². The summed E-state index contributed by atoms with van der Waals surface area (Å²) in [6.07, 6.45) is 1.13. The molecule has 0 amide bonds. The molecule has 1 aliphatic heterocycles. The molecule has 5 nitrogen and oxygen atoms in total. The molecule has 2 aromatic rings. The summed E-state index contributed by atoms with van der Waals surface area (Å²) in [5, 5.41) is 3.15. The lowest BCUT2D eigenvalue weighted by molar-refractivity contribution is 0.602. The Morgan fingerprint density at radius 2 is 2.05 bits per heavy atom. The van der Waals surface area contributed by atoms with Crippen LogP contribution in [0.4, 0.5) is 11.6 Å². The van der Waals surface area contributed by atoms with Crippen LogP contribution in [0.15, 0.2) is 24.3 Å². The van der Waals surface area contributed by atoms with Gasteiger partial charge in [-0.3, -0.25) is 0 Å². The summed E-state index contributed by atoms with van der Waals surface area (Å²) in [5.74, 6) is 2.35. The zero-order valence-electron chi connectivity index (χ0n) is 11.1. The number of rotatable bonds is 3. The van der Waals surface area contributed by atoms with E-state index < -0.39 is 0 Å². The van der Waals surface area contributed by atoms with Gasteiger partial charge < -0.3 is 16.0 Å². The van der Waals surface area contributed by atoms with Gasteiger partial charge in [-0.2, -0.15) is 0 Å². The van der Waals surface area contributed by atoms with Gasteiger partial charge in [0.2, 0.25) is 0 Å². The highest BCUT2D eigenvalue weighted by Crippen LogP contribution is 2.28. The molecule has 0 radical (unpaired) electrons. The Hall–Kier alpha value is -1.88. The van der Waals surface area contributed by atoms with Gasteiger partial charge in [-0.1, -0.05) is 12.1 Å². The molecule has 1 aromatic heterocycles. The van der Waals surface area contributed by atoms with E-state index in [2.05, 4.69) is 15.2 Å². The van der Waals surface area contributed by atoms with E-state index in [9.17, 15) is 0 Å². The fourth-order valence-corrected chi connectivity index (χ4v) is 2.60. The third-order valence-electron chi connectivity index (χ3n) is 3.71. The van der Waals surface area contributed by atoms with Crippen molar-refractivity contribution < 1.29 is 0 Å². The lowest BCUT2D eigenvalue weighted by atomic mass is 10.1. The number of nitrogens with two attached hydrogens (primary N) is 1. The zero-order chi connectivity index (χ0) is 13.2. The van der Waals surface area contributed by atoms with Gasteiger partial charge in [0.1, 0.15) is 0 Å². The highest BCUT2D eigenvalue weighted by molar-refractivity contribution is 5.80. The van der Waals surface area contributed by atoms with E-state index in [-0.39, 0.29) is 0 Å². The first-order valence-corrected chi connectivity index (χ1v) is 6.71. The Kier molecular flexibility index (Phi) is 3.21.